The average molecular weight is 301 g/mol. The molecule has 7 heteroatoms. The zero-order chi connectivity index (χ0) is 13.1. The molecule has 2 N–H and O–H groups in total. The molecule has 0 amide bonds. The third-order valence-corrected chi connectivity index (χ3v) is 5.24. The lowest BCUT2D eigenvalue weighted by Crippen LogP contribution is -2.05. The van der Waals surface area contributed by atoms with Gasteiger partial charge in [-0.25, -0.2) is 4.39 Å². The highest BCUT2D eigenvalue weighted by Gasteiger charge is 2.10. The first-order chi connectivity index (χ1) is 8.60. The lowest BCUT2D eigenvalue weighted by Gasteiger charge is -2.07. The van der Waals surface area contributed by atoms with E-state index in [0.717, 1.165) is 14.2 Å². The molecule has 0 saturated heterocycles. The predicted molar refractivity (Wildman–Crippen MR) is 74.8 cm³/mol. The second kappa shape index (κ2) is 6.01. The van der Waals surface area contributed by atoms with Crippen LogP contribution in [0.2, 0.25) is 0 Å². The largest absolute Gasteiger partial charge is 0.324 e. The Balaban J connectivity index is 2.19. The van der Waals surface area contributed by atoms with E-state index in [1.165, 1.54) is 40.9 Å². The Morgan fingerprint density at radius 3 is 2.61 bits per heavy atom. The lowest BCUT2D eigenvalue weighted by atomic mass is 10.1. The molecule has 2 rings (SSSR count). The summed E-state index contributed by atoms with van der Waals surface area (Å²) < 4.78 is 15.5. The van der Waals surface area contributed by atoms with Crippen molar-refractivity contribution in [2.75, 3.05) is 6.26 Å². The van der Waals surface area contributed by atoms with Gasteiger partial charge in [0.05, 0.1) is 4.90 Å². The number of hydrogen-bond donors (Lipinski definition) is 1. The van der Waals surface area contributed by atoms with E-state index in [2.05, 4.69) is 10.2 Å². The molecule has 1 atom stereocenters. The van der Waals surface area contributed by atoms with E-state index in [9.17, 15) is 4.39 Å². The molecule has 2 aromatic rings. The molecule has 0 saturated carbocycles. The van der Waals surface area contributed by atoms with Crippen LogP contribution in [0.4, 0.5) is 4.39 Å². The van der Waals surface area contributed by atoms with E-state index < -0.39 is 0 Å². The topological polar surface area (TPSA) is 51.8 Å². The number of benzene rings is 1. The van der Waals surface area contributed by atoms with Crippen LogP contribution in [-0.2, 0) is 0 Å². The quantitative estimate of drug-likeness (QED) is 0.875. The molecule has 0 bridgehead atoms. The van der Waals surface area contributed by atoms with Crippen LogP contribution in [0.15, 0.2) is 31.8 Å². The van der Waals surface area contributed by atoms with Gasteiger partial charge in [-0.1, -0.05) is 40.9 Å². The summed E-state index contributed by atoms with van der Waals surface area (Å²) in [6.07, 6.45) is 1.94. The SMILES string of the molecule is CSc1nnc(Sc2ccc(C(C)N)cc2F)s1. The number of hydrogen-bond acceptors (Lipinski definition) is 6. The summed E-state index contributed by atoms with van der Waals surface area (Å²) in [6.45, 7) is 1.83. The standard InChI is InChI=1S/C11H12FN3S3/c1-6(13)7-3-4-9(8(12)5-7)17-11-15-14-10(16-2)18-11/h3-6H,13H2,1-2H3. The van der Waals surface area contributed by atoms with E-state index >= 15 is 0 Å². The highest BCUT2D eigenvalue weighted by Crippen LogP contribution is 2.34. The molecule has 96 valence electrons. The van der Waals surface area contributed by atoms with Gasteiger partial charge in [0, 0.05) is 6.04 Å². The van der Waals surface area contributed by atoms with Gasteiger partial charge in [0.1, 0.15) is 5.82 Å². The Morgan fingerprint density at radius 1 is 1.33 bits per heavy atom. The molecule has 1 aromatic heterocycles. The predicted octanol–water partition coefficient (Wildman–Crippen LogP) is 3.57. The maximum atomic E-state index is 13.9. The van der Waals surface area contributed by atoms with Crippen molar-refractivity contribution >= 4 is 34.9 Å². The van der Waals surface area contributed by atoms with Crippen LogP contribution in [0.25, 0.3) is 0 Å². The molecule has 1 aromatic carbocycles. The van der Waals surface area contributed by atoms with Crippen LogP contribution in [-0.4, -0.2) is 16.5 Å². The van der Waals surface area contributed by atoms with Gasteiger partial charge in [0.25, 0.3) is 0 Å². The number of nitrogens with two attached hydrogens (primary N) is 1. The van der Waals surface area contributed by atoms with Crippen LogP contribution < -0.4 is 5.73 Å². The van der Waals surface area contributed by atoms with Crippen molar-refractivity contribution in [3.8, 4) is 0 Å². The fraction of sp³-hybridized carbons (Fsp3) is 0.273. The summed E-state index contributed by atoms with van der Waals surface area (Å²) in [5, 5.41) is 7.97. The fourth-order valence-electron chi connectivity index (χ4n) is 1.30. The first-order valence-electron chi connectivity index (χ1n) is 5.20. The number of nitrogens with zero attached hydrogens (tertiary/aromatic N) is 2. The summed E-state index contributed by atoms with van der Waals surface area (Å²) in [6, 6.07) is 4.89. The molecule has 0 aliphatic rings. The van der Waals surface area contributed by atoms with Gasteiger partial charge in [-0.2, -0.15) is 0 Å². The maximum Gasteiger partial charge on any atom is 0.179 e. The van der Waals surface area contributed by atoms with Crippen LogP contribution in [0, 0.1) is 5.82 Å². The van der Waals surface area contributed by atoms with Gasteiger partial charge in [0.2, 0.25) is 0 Å². The summed E-state index contributed by atoms with van der Waals surface area (Å²) in [5.74, 6) is -0.268. The van der Waals surface area contributed by atoms with Gasteiger partial charge in [-0.15, -0.1) is 10.2 Å². The fourth-order valence-corrected chi connectivity index (χ4v) is 3.70. The number of aromatic nitrogens is 2. The van der Waals surface area contributed by atoms with Gasteiger partial charge in [-0.05, 0) is 30.9 Å². The highest BCUT2D eigenvalue weighted by atomic mass is 32.2. The van der Waals surface area contributed by atoms with Crippen molar-refractivity contribution in [2.24, 2.45) is 5.73 Å². The van der Waals surface area contributed by atoms with Crippen molar-refractivity contribution < 1.29 is 4.39 Å². The smallest absolute Gasteiger partial charge is 0.179 e. The minimum Gasteiger partial charge on any atom is -0.324 e. The minimum atomic E-state index is -0.268. The first-order valence-corrected chi connectivity index (χ1v) is 8.06. The summed E-state index contributed by atoms with van der Waals surface area (Å²) >= 11 is 4.28. The Hall–Kier alpha value is -0.630. The van der Waals surface area contributed by atoms with Gasteiger partial charge in [-0.3, -0.25) is 0 Å². The summed E-state index contributed by atoms with van der Waals surface area (Å²) in [4.78, 5) is 0.545. The molecule has 0 spiro atoms. The van der Waals surface area contributed by atoms with E-state index in [1.54, 1.807) is 6.07 Å². The monoisotopic (exact) mass is 301 g/mol. The van der Waals surface area contributed by atoms with E-state index in [4.69, 9.17) is 5.73 Å². The molecule has 1 heterocycles. The molecular weight excluding hydrogens is 289 g/mol. The van der Waals surface area contributed by atoms with Crippen molar-refractivity contribution in [2.45, 2.75) is 26.5 Å². The molecule has 1 unspecified atom stereocenters. The summed E-state index contributed by atoms with van der Waals surface area (Å²) in [7, 11) is 0. The van der Waals surface area contributed by atoms with Gasteiger partial charge >= 0.3 is 0 Å². The maximum absolute atomic E-state index is 13.9. The minimum absolute atomic E-state index is 0.164. The van der Waals surface area contributed by atoms with Crippen molar-refractivity contribution in [3.05, 3.63) is 29.6 Å². The molecule has 3 nitrogen and oxygen atoms in total. The van der Waals surface area contributed by atoms with E-state index in [0.29, 0.717) is 4.90 Å². The molecule has 0 radical (unpaired) electrons. The molecular formula is C11H12FN3S3. The average Bonchev–Trinajstić information content (AvgIpc) is 2.79. The van der Waals surface area contributed by atoms with Crippen molar-refractivity contribution in [1.29, 1.82) is 0 Å². The first kappa shape index (κ1) is 13.8. The van der Waals surface area contributed by atoms with Crippen LogP contribution in [0.1, 0.15) is 18.5 Å². The lowest BCUT2D eigenvalue weighted by molar-refractivity contribution is 0.596. The van der Waals surface area contributed by atoms with Crippen LogP contribution >= 0.6 is 34.9 Å². The third-order valence-electron chi connectivity index (χ3n) is 2.24. The molecule has 18 heavy (non-hydrogen) atoms. The number of thioether (sulfide) groups is 1. The second-order valence-electron chi connectivity index (χ2n) is 3.62. The van der Waals surface area contributed by atoms with E-state index in [1.807, 2.05) is 19.2 Å². The zero-order valence-electron chi connectivity index (χ0n) is 9.88. The van der Waals surface area contributed by atoms with Crippen LogP contribution in [0.3, 0.4) is 0 Å². The Labute approximate surface area is 117 Å². The van der Waals surface area contributed by atoms with Crippen LogP contribution in [0.5, 0.6) is 0 Å². The van der Waals surface area contributed by atoms with Crippen molar-refractivity contribution in [3.63, 3.8) is 0 Å². The zero-order valence-corrected chi connectivity index (χ0v) is 12.3. The van der Waals surface area contributed by atoms with Gasteiger partial charge in [0.15, 0.2) is 8.68 Å². The summed E-state index contributed by atoms with van der Waals surface area (Å²) in [5.41, 5.74) is 6.50. The Kier molecular flexibility index (Phi) is 4.60. The number of halogens is 1. The number of rotatable bonds is 4. The second-order valence-corrected chi connectivity index (χ2v) is 6.94. The highest BCUT2D eigenvalue weighted by molar-refractivity contribution is 8.03. The third kappa shape index (κ3) is 3.23. The molecule has 0 aliphatic carbocycles. The van der Waals surface area contributed by atoms with E-state index in [-0.39, 0.29) is 11.9 Å². The molecule has 0 fully saturated rings. The molecule has 0 aliphatic heterocycles. The Bertz CT molecular complexity index is 542. The van der Waals surface area contributed by atoms with Gasteiger partial charge < -0.3 is 5.73 Å². The van der Waals surface area contributed by atoms with Crippen molar-refractivity contribution in [1.82, 2.24) is 10.2 Å². The normalized spacial score (nSPS) is 12.7. The Morgan fingerprint density at radius 2 is 2.06 bits per heavy atom.